The molecule has 3 heteroatoms. The Bertz CT molecular complexity index is 514. The molecule has 0 heterocycles. The number of allylic oxidation sites excluding steroid dienone is 4. The van der Waals surface area contributed by atoms with Crippen molar-refractivity contribution >= 4 is 5.57 Å². The molecular weight excluding hydrogens is 262 g/mol. The molecule has 116 valence electrons. The van der Waals surface area contributed by atoms with E-state index in [1.54, 1.807) is 6.92 Å². The Morgan fingerprint density at radius 1 is 1.38 bits per heavy atom. The number of aliphatic hydroxyl groups excluding tert-OH is 1. The van der Waals surface area contributed by atoms with Crippen LogP contribution in [-0.2, 0) is 11.3 Å². The molecule has 0 amide bonds. The molecule has 0 fully saturated rings. The Balaban J connectivity index is 3.15. The van der Waals surface area contributed by atoms with Crippen LogP contribution in [0.5, 0.6) is 0 Å². The van der Waals surface area contributed by atoms with Gasteiger partial charge in [-0.15, -0.1) is 0 Å². The first-order chi connectivity index (χ1) is 10.0. The maximum absolute atomic E-state index is 10.0. The van der Waals surface area contributed by atoms with Crippen LogP contribution in [-0.4, -0.2) is 11.2 Å². The number of hydrogen-bond donors (Lipinski definition) is 2. The minimum Gasteiger partial charge on any atom is -0.512 e. The first-order valence-corrected chi connectivity index (χ1v) is 7.58. The van der Waals surface area contributed by atoms with Crippen LogP contribution < -0.4 is 5.73 Å². The fourth-order valence-electron chi connectivity index (χ4n) is 1.98. The van der Waals surface area contributed by atoms with Crippen molar-refractivity contribution in [3.05, 3.63) is 53.0 Å². The lowest BCUT2D eigenvalue weighted by molar-refractivity contribution is 0.123. The Morgan fingerprint density at radius 3 is 2.62 bits per heavy atom. The third-order valence-corrected chi connectivity index (χ3v) is 3.44. The van der Waals surface area contributed by atoms with Gasteiger partial charge in [0.15, 0.2) is 0 Å². The van der Waals surface area contributed by atoms with Crippen LogP contribution in [0.2, 0.25) is 0 Å². The lowest BCUT2D eigenvalue weighted by Crippen LogP contribution is -2.06. The van der Waals surface area contributed by atoms with Crippen molar-refractivity contribution in [1.29, 1.82) is 0 Å². The molecule has 0 unspecified atom stereocenters. The zero-order valence-electron chi connectivity index (χ0n) is 13.5. The van der Waals surface area contributed by atoms with Gasteiger partial charge < -0.3 is 15.6 Å². The van der Waals surface area contributed by atoms with Gasteiger partial charge >= 0.3 is 0 Å². The number of ether oxygens (including phenoxy) is 1. The highest BCUT2D eigenvalue weighted by Crippen LogP contribution is 2.24. The average Bonchev–Trinajstić information content (AvgIpc) is 2.50. The van der Waals surface area contributed by atoms with Gasteiger partial charge in [0.1, 0.15) is 0 Å². The van der Waals surface area contributed by atoms with Crippen molar-refractivity contribution in [3.63, 3.8) is 0 Å². The van der Waals surface area contributed by atoms with Crippen LogP contribution in [0.25, 0.3) is 5.57 Å². The normalized spacial score (nSPS) is 14.6. The minimum absolute atomic E-state index is 0.173. The topological polar surface area (TPSA) is 55.5 Å². The highest BCUT2D eigenvalue weighted by Gasteiger charge is 2.08. The minimum atomic E-state index is 0.173. The molecule has 1 aromatic rings. The molecule has 21 heavy (non-hydrogen) atoms. The number of benzene rings is 1. The van der Waals surface area contributed by atoms with Gasteiger partial charge in [-0.1, -0.05) is 32.0 Å². The van der Waals surface area contributed by atoms with Crippen molar-refractivity contribution in [2.75, 3.05) is 0 Å². The Kier molecular flexibility index (Phi) is 7.03. The lowest BCUT2D eigenvalue weighted by atomic mass is 10.0. The summed E-state index contributed by atoms with van der Waals surface area (Å²) in [6.07, 6.45) is 3.85. The molecule has 0 saturated heterocycles. The largest absolute Gasteiger partial charge is 0.512 e. The summed E-state index contributed by atoms with van der Waals surface area (Å²) in [6.45, 7) is 8.37. The first-order valence-electron chi connectivity index (χ1n) is 7.58. The van der Waals surface area contributed by atoms with Crippen molar-refractivity contribution in [1.82, 2.24) is 0 Å². The number of nitrogens with two attached hydrogens (primary N) is 1. The Hall–Kier alpha value is -1.74. The summed E-state index contributed by atoms with van der Waals surface area (Å²) in [7, 11) is 0. The Morgan fingerprint density at radius 2 is 2.10 bits per heavy atom. The van der Waals surface area contributed by atoms with E-state index in [9.17, 15) is 5.11 Å². The lowest BCUT2D eigenvalue weighted by Gasteiger charge is -2.16. The second-order valence-electron chi connectivity index (χ2n) is 5.20. The zero-order chi connectivity index (χ0) is 15.8. The summed E-state index contributed by atoms with van der Waals surface area (Å²) in [6, 6.07) is 7.91. The summed E-state index contributed by atoms with van der Waals surface area (Å²) < 4.78 is 5.90. The summed E-state index contributed by atoms with van der Waals surface area (Å²) in [5, 5.41) is 10.0. The molecule has 1 aromatic carbocycles. The van der Waals surface area contributed by atoms with E-state index in [4.69, 9.17) is 10.5 Å². The number of rotatable bonds is 7. The quantitative estimate of drug-likeness (QED) is 0.572. The van der Waals surface area contributed by atoms with Gasteiger partial charge in [0.25, 0.3) is 0 Å². The highest BCUT2D eigenvalue weighted by atomic mass is 16.5. The third kappa shape index (κ3) is 5.27. The van der Waals surface area contributed by atoms with Crippen LogP contribution in [0.15, 0.2) is 41.9 Å². The van der Waals surface area contributed by atoms with Gasteiger partial charge in [0, 0.05) is 18.5 Å². The van der Waals surface area contributed by atoms with E-state index in [0.717, 1.165) is 35.3 Å². The van der Waals surface area contributed by atoms with Crippen LogP contribution in [0.1, 0.15) is 51.7 Å². The molecule has 0 aliphatic rings. The SMILES string of the molecule is CC/C(=C\C(=C(/C)O)c1cccc(CN)c1)O[C@H](C)CC. The van der Waals surface area contributed by atoms with Gasteiger partial charge in [-0.05, 0) is 43.5 Å². The zero-order valence-corrected chi connectivity index (χ0v) is 13.5. The van der Waals surface area contributed by atoms with Crippen molar-refractivity contribution in [3.8, 4) is 0 Å². The van der Waals surface area contributed by atoms with Crippen LogP contribution in [0.4, 0.5) is 0 Å². The van der Waals surface area contributed by atoms with Crippen molar-refractivity contribution in [2.45, 2.75) is 53.2 Å². The van der Waals surface area contributed by atoms with Crippen LogP contribution in [0, 0.1) is 0 Å². The summed E-state index contributed by atoms with van der Waals surface area (Å²) in [5.74, 6) is 1.16. The standard InChI is InChI=1S/C18H27NO2/c1-5-13(3)21-17(6-2)11-18(14(4)20)16-9-7-8-15(10-16)12-19/h7-11,13,20H,5-6,12,19H2,1-4H3/b17-11+,18-14-/t13-/m1/s1. The molecule has 0 saturated carbocycles. The average molecular weight is 289 g/mol. The van der Waals surface area contributed by atoms with Gasteiger partial charge in [0.05, 0.1) is 17.6 Å². The maximum Gasteiger partial charge on any atom is 0.0971 e. The van der Waals surface area contributed by atoms with Crippen molar-refractivity contribution < 1.29 is 9.84 Å². The molecule has 1 rings (SSSR count). The van der Waals surface area contributed by atoms with Crippen molar-refractivity contribution in [2.24, 2.45) is 5.73 Å². The fourth-order valence-corrected chi connectivity index (χ4v) is 1.98. The molecule has 0 aliphatic heterocycles. The fraction of sp³-hybridized carbons (Fsp3) is 0.444. The molecule has 0 aliphatic carbocycles. The van der Waals surface area contributed by atoms with Gasteiger partial charge in [0.2, 0.25) is 0 Å². The molecule has 3 nitrogen and oxygen atoms in total. The van der Waals surface area contributed by atoms with E-state index < -0.39 is 0 Å². The maximum atomic E-state index is 10.0. The summed E-state index contributed by atoms with van der Waals surface area (Å²) >= 11 is 0. The molecule has 0 aromatic heterocycles. The Labute approximate surface area is 128 Å². The predicted molar refractivity (Wildman–Crippen MR) is 88.8 cm³/mol. The number of hydrogen-bond acceptors (Lipinski definition) is 3. The molecule has 3 N–H and O–H groups in total. The molecule has 1 atom stereocenters. The monoisotopic (exact) mass is 289 g/mol. The summed E-state index contributed by atoms with van der Waals surface area (Å²) in [5.41, 5.74) is 8.47. The smallest absolute Gasteiger partial charge is 0.0971 e. The summed E-state index contributed by atoms with van der Waals surface area (Å²) in [4.78, 5) is 0. The third-order valence-electron chi connectivity index (χ3n) is 3.44. The van der Waals surface area contributed by atoms with E-state index >= 15 is 0 Å². The first kappa shape index (κ1) is 17.3. The molecule has 0 bridgehead atoms. The molecule has 0 radical (unpaired) electrons. The van der Waals surface area contributed by atoms with E-state index in [-0.39, 0.29) is 11.9 Å². The van der Waals surface area contributed by atoms with E-state index in [0.29, 0.717) is 6.54 Å². The van der Waals surface area contributed by atoms with Gasteiger partial charge in [-0.25, -0.2) is 0 Å². The van der Waals surface area contributed by atoms with Crippen LogP contribution in [0.3, 0.4) is 0 Å². The molecule has 0 spiro atoms. The van der Waals surface area contributed by atoms with Crippen LogP contribution >= 0.6 is 0 Å². The van der Waals surface area contributed by atoms with E-state index in [1.807, 2.05) is 37.3 Å². The van der Waals surface area contributed by atoms with E-state index in [2.05, 4.69) is 13.8 Å². The predicted octanol–water partition coefficient (Wildman–Crippen LogP) is 4.54. The van der Waals surface area contributed by atoms with Gasteiger partial charge in [-0.2, -0.15) is 0 Å². The van der Waals surface area contributed by atoms with E-state index in [1.165, 1.54) is 0 Å². The number of aliphatic hydroxyl groups is 1. The highest BCUT2D eigenvalue weighted by molar-refractivity contribution is 5.76. The second kappa shape index (κ2) is 8.53. The second-order valence-corrected chi connectivity index (χ2v) is 5.20. The van der Waals surface area contributed by atoms with Gasteiger partial charge in [-0.3, -0.25) is 0 Å². The molecular formula is C18H27NO2.